The second-order valence-corrected chi connectivity index (χ2v) is 4.39. The molecule has 0 aliphatic rings. The highest BCUT2D eigenvalue weighted by atomic mass is 35.5. The number of carboxylic acid groups (broad SMARTS) is 1. The van der Waals surface area contributed by atoms with E-state index in [9.17, 15) is 4.79 Å². The first kappa shape index (κ1) is 14.8. The highest BCUT2D eigenvalue weighted by Gasteiger charge is 2.12. The summed E-state index contributed by atoms with van der Waals surface area (Å²) < 4.78 is 10.3. The van der Waals surface area contributed by atoms with Gasteiger partial charge in [0.15, 0.2) is 0 Å². The van der Waals surface area contributed by atoms with Gasteiger partial charge in [-0.3, -0.25) is 0 Å². The third kappa shape index (κ3) is 3.62. The largest absolute Gasteiger partial charge is 0.496 e. The molecule has 0 aromatic heterocycles. The first-order valence-electron chi connectivity index (χ1n) is 5.59. The molecule has 100 valence electrons. The van der Waals surface area contributed by atoms with Gasteiger partial charge in [-0.2, -0.15) is 0 Å². The second-order valence-electron chi connectivity index (χ2n) is 4.01. The van der Waals surface area contributed by atoms with Crippen molar-refractivity contribution < 1.29 is 19.4 Å². The highest BCUT2D eigenvalue weighted by Crippen LogP contribution is 2.31. The summed E-state index contributed by atoms with van der Waals surface area (Å²) in [6, 6.07) is 1.88. The van der Waals surface area contributed by atoms with Gasteiger partial charge in [-0.15, -0.1) is 0 Å². The van der Waals surface area contributed by atoms with Gasteiger partial charge in [-0.05, 0) is 37.5 Å². The minimum atomic E-state index is -0.972. The summed E-state index contributed by atoms with van der Waals surface area (Å²) in [5.41, 5.74) is 2.87. The van der Waals surface area contributed by atoms with Crippen LogP contribution in [0.2, 0.25) is 5.02 Å². The molecule has 0 saturated heterocycles. The van der Waals surface area contributed by atoms with E-state index >= 15 is 0 Å². The first-order valence-corrected chi connectivity index (χ1v) is 5.97. The standard InChI is InChI=1S/C13H17ClO4/c1-8-6-11(17-3)10(9(2)13(8)14)4-5-18-7-12(15)16/h6H,4-5,7H2,1-3H3,(H,15,16). The summed E-state index contributed by atoms with van der Waals surface area (Å²) >= 11 is 6.18. The van der Waals surface area contributed by atoms with E-state index in [-0.39, 0.29) is 6.61 Å². The number of ether oxygens (including phenoxy) is 2. The molecule has 0 bridgehead atoms. The highest BCUT2D eigenvalue weighted by molar-refractivity contribution is 6.32. The topological polar surface area (TPSA) is 55.8 Å². The molecule has 0 aliphatic heterocycles. The van der Waals surface area contributed by atoms with Gasteiger partial charge < -0.3 is 14.6 Å². The molecule has 1 rings (SSSR count). The Hall–Kier alpha value is -1.26. The number of methoxy groups -OCH3 is 1. The summed E-state index contributed by atoms with van der Waals surface area (Å²) in [6.07, 6.45) is 0.572. The Morgan fingerprint density at radius 2 is 2.11 bits per heavy atom. The second kappa shape index (κ2) is 6.61. The molecular formula is C13H17ClO4. The Bertz CT molecular complexity index is 443. The molecule has 18 heavy (non-hydrogen) atoms. The van der Waals surface area contributed by atoms with E-state index in [1.54, 1.807) is 7.11 Å². The molecule has 4 nitrogen and oxygen atoms in total. The van der Waals surface area contributed by atoms with Gasteiger partial charge in [-0.25, -0.2) is 4.79 Å². The Kier molecular flexibility index (Phi) is 5.44. The molecule has 1 N–H and O–H groups in total. The van der Waals surface area contributed by atoms with Crippen molar-refractivity contribution in [3.8, 4) is 5.75 Å². The smallest absolute Gasteiger partial charge is 0.329 e. The van der Waals surface area contributed by atoms with Crippen LogP contribution in [0.15, 0.2) is 6.07 Å². The monoisotopic (exact) mass is 272 g/mol. The predicted molar refractivity (Wildman–Crippen MR) is 69.6 cm³/mol. The summed E-state index contributed by atoms with van der Waals surface area (Å²) in [7, 11) is 1.60. The molecule has 1 aromatic rings. The molecule has 0 fully saturated rings. The van der Waals surface area contributed by atoms with Crippen molar-refractivity contribution >= 4 is 17.6 Å². The zero-order chi connectivity index (χ0) is 13.7. The molecule has 0 aliphatic carbocycles. The number of aliphatic carboxylic acids is 1. The van der Waals surface area contributed by atoms with E-state index in [0.717, 1.165) is 22.4 Å². The van der Waals surface area contributed by atoms with Crippen LogP contribution in [-0.2, 0) is 16.0 Å². The van der Waals surface area contributed by atoms with Gasteiger partial charge in [-0.1, -0.05) is 11.6 Å². The van der Waals surface area contributed by atoms with Crippen LogP contribution in [0, 0.1) is 13.8 Å². The van der Waals surface area contributed by atoms with Gasteiger partial charge in [0.2, 0.25) is 0 Å². The number of aryl methyl sites for hydroxylation is 1. The van der Waals surface area contributed by atoms with Crippen LogP contribution in [0.1, 0.15) is 16.7 Å². The molecule has 0 saturated carbocycles. The van der Waals surface area contributed by atoms with Gasteiger partial charge in [0.05, 0.1) is 13.7 Å². The average Bonchev–Trinajstić information content (AvgIpc) is 2.33. The van der Waals surface area contributed by atoms with E-state index in [1.165, 1.54) is 0 Å². The van der Waals surface area contributed by atoms with Gasteiger partial charge in [0.25, 0.3) is 0 Å². The zero-order valence-corrected chi connectivity index (χ0v) is 11.5. The first-order chi connectivity index (χ1) is 8.47. The number of carbonyl (C=O) groups is 1. The minimum absolute atomic E-state index is 0.291. The van der Waals surface area contributed by atoms with Crippen molar-refractivity contribution in [3.63, 3.8) is 0 Å². The summed E-state index contributed by atoms with van der Waals surface area (Å²) in [5, 5.41) is 9.19. The van der Waals surface area contributed by atoms with Crippen molar-refractivity contribution in [1.29, 1.82) is 0 Å². The number of halogens is 1. The number of hydrogen-bond donors (Lipinski definition) is 1. The van der Waals surface area contributed by atoms with E-state index in [2.05, 4.69) is 0 Å². The Morgan fingerprint density at radius 3 is 2.67 bits per heavy atom. The molecule has 5 heteroatoms. The van der Waals surface area contributed by atoms with E-state index in [0.29, 0.717) is 18.1 Å². The Labute approximate surface area is 111 Å². The number of hydrogen-bond acceptors (Lipinski definition) is 3. The summed E-state index contributed by atoms with van der Waals surface area (Å²) in [4.78, 5) is 10.3. The van der Waals surface area contributed by atoms with Crippen LogP contribution in [0.4, 0.5) is 0 Å². The molecular weight excluding hydrogens is 256 g/mol. The van der Waals surface area contributed by atoms with Crippen LogP contribution in [0.25, 0.3) is 0 Å². The maximum absolute atomic E-state index is 10.3. The van der Waals surface area contributed by atoms with Crippen molar-refractivity contribution in [1.82, 2.24) is 0 Å². The van der Waals surface area contributed by atoms with Gasteiger partial charge in [0, 0.05) is 10.6 Å². The third-order valence-corrected chi connectivity index (χ3v) is 3.30. The molecule has 0 spiro atoms. The van der Waals surface area contributed by atoms with Crippen LogP contribution < -0.4 is 4.74 Å². The normalized spacial score (nSPS) is 10.4. The van der Waals surface area contributed by atoms with E-state index in [4.69, 9.17) is 26.2 Å². The van der Waals surface area contributed by atoms with Crippen molar-refractivity contribution in [2.24, 2.45) is 0 Å². The van der Waals surface area contributed by atoms with Crippen LogP contribution >= 0.6 is 11.6 Å². The van der Waals surface area contributed by atoms with Gasteiger partial charge >= 0.3 is 5.97 Å². The van der Waals surface area contributed by atoms with Crippen LogP contribution in [-0.4, -0.2) is 31.4 Å². The number of benzene rings is 1. The molecule has 0 unspecified atom stereocenters. The lowest BCUT2D eigenvalue weighted by molar-refractivity contribution is -0.142. The molecule has 0 radical (unpaired) electrons. The zero-order valence-electron chi connectivity index (χ0n) is 10.7. The molecule has 0 amide bonds. The molecule has 1 aromatic carbocycles. The van der Waals surface area contributed by atoms with Crippen LogP contribution in [0.3, 0.4) is 0 Å². The van der Waals surface area contributed by atoms with E-state index < -0.39 is 5.97 Å². The number of carboxylic acids is 1. The lowest BCUT2D eigenvalue weighted by Gasteiger charge is -2.15. The van der Waals surface area contributed by atoms with Crippen molar-refractivity contribution in [2.75, 3.05) is 20.3 Å². The summed E-state index contributed by atoms with van der Waals surface area (Å²) in [6.45, 7) is 3.87. The lowest BCUT2D eigenvalue weighted by atomic mass is 10.0. The van der Waals surface area contributed by atoms with Crippen molar-refractivity contribution in [3.05, 3.63) is 27.8 Å². The minimum Gasteiger partial charge on any atom is -0.496 e. The maximum atomic E-state index is 10.3. The number of rotatable bonds is 6. The molecule has 0 heterocycles. The van der Waals surface area contributed by atoms with Gasteiger partial charge in [0.1, 0.15) is 12.4 Å². The maximum Gasteiger partial charge on any atom is 0.329 e. The van der Waals surface area contributed by atoms with E-state index in [1.807, 2.05) is 19.9 Å². The molecule has 0 atom stereocenters. The quantitative estimate of drug-likeness (QED) is 0.809. The fourth-order valence-corrected chi connectivity index (χ4v) is 1.96. The predicted octanol–water partition coefficient (Wildman–Crippen LogP) is 2.61. The SMILES string of the molecule is COc1cc(C)c(Cl)c(C)c1CCOCC(=O)O. The fourth-order valence-electron chi connectivity index (χ4n) is 1.79. The fraction of sp³-hybridized carbons (Fsp3) is 0.462. The Morgan fingerprint density at radius 1 is 1.44 bits per heavy atom. The Balaban J connectivity index is 2.80. The summed E-state index contributed by atoms with van der Waals surface area (Å²) in [5.74, 6) is -0.214. The third-order valence-electron chi connectivity index (χ3n) is 2.71. The van der Waals surface area contributed by atoms with Crippen LogP contribution in [0.5, 0.6) is 5.75 Å². The average molecular weight is 273 g/mol. The van der Waals surface area contributed by atoms with Crippen molar-refractivity contribution in [2.45, 2.75) is 20.3 Å². The lowest BCUT2D eigenvalue weighted by Crippen LogP contribution is -2.10.